The molecule has 0 aliphatic rings. The van der Waals surface area contributed by atoms with E-state index >= 15 is 0 Å². The van der Waals surface area contributed by atoms with Crippen LogP contribution in [0.4, 0.5) is 14.5 Å². The Bertz CT molecular complexity index is 619. The number of nitrogens with zero attached hydrogens (tertiary/aromatic N) is 1. The number of hydrogen-bond donors (Lipinski definition) is 0. The number of amides is 1. The zero-order valence-electron chi connectivity index (χ0n) is 10.7. The molecule has 2 aromatic rings. The van der Waals surface area contributed by atoms with Crippen LogP contribution < -0.4 is 4.90 Å². The number of carbonyl (C=O) groups excluding carboxylic acids is 1. The van der Waals surface area contributed by atoms with E-state index in [1.54, 1.807) is 30.3 Å². The summed E-state index contributed by atoms with van der Waals surface area (Å²) in [5.41, 5.74) is 0.706. The average molecular weight is 340 g/mol. The van der Waals surface area contributed by atoms with Crippen LogP contribution in [-0.2, 0) is 4.79 Å². The lowest BCUT2D eigenvalue weighted by Crippen LogP contribution is -2.30. The molecule has 5 heteroatoms. The molecule has 2 nitrogen and oxygen atoms in total. The Morgan fingerprint density at radius 1 is 1.20 bits per heavy atom. The summed E-state index contributed by atoms with van der Waals surface area (Å²) < 4.78 is 27.6. The van der Waals surface area contributed by atoms with Crippen molar-refractivity contribution in [2.75, 3.05) is 11.9 Å². The lowest BCUT2D eigenvalue weighted by Gasteiger charge is -2.21. The van der Waals surface area contributed by atoms with Crippen molar-refractivity contribution in [2.24, 2.45) is 0 Å². The van der Waals surface area contributed by atoms with Gasteiger partial charge in [0.2, 0.25) is 6.17 Å². The molecule has 0 N–H and O–H groups in total. The highest BCUT2D eigenvalue weighted by molar-refractivity contribution is 9.10. The molecule has 0 aliphatic heterocycles. The SMILES string of the molecule is CN(C(=O)C(F)c1ccccc1)c1ccc(F)cc1Br. The summed E-state index contributed by atoms with van der Waals surface area (Å²) in [4.78, 5) is 13.3. The van der Waals surface area contributed by atoms with Gasteiger partial charge in [0.1, 0.15) is 5.82 Å². The summed E-state index contributed by atoms with van der Waals surface area (Å²) in [7, 11) is 1.45. The molecule has 2 rings (SSSR count). The van der Waals surface area contributed by atoms with Gasteiger partial charge in [0.05, 0.1) is 5.69 Å². The lowest BCUT2D eigenvalue weighted by atomic mass is 10.1. The predicted molar refractivity (Wildman–Crippen MR) is 77.8 cm³/mol. The molecule has 0 aliphatic carbocycles. The number of benzene rings is 2. The number of hydrogen-bond acceptors (Lipinski definition) is 1. The highest BCUT2D eigenvalue weighted by atomic mass is 79.9. The Hall–Kier alpha value is -1.75. The molecule has 1 amide bonds. The van der Waals surface area contributed by atoms with E-state index in [9.17, 15) is 13.6 Å². The lowest BCUT2D eigenvalue weighted by molar-refractivity contribution is -0.123. The molecule has 2 aromatic carbocycles. The minimum Gasteiger partial charge on any atom is -0.312 e. The van der Waals surface area contributed by atoms with Gasteiger partial charge in [-0.05, 0) is 39.7 Å². The van der Waals surface area contributed by atoms with Crippen LogP contribution in [-0.4, -0.2) is 13.0 Å². The smallest absolute Gasteiger partial charge is 0.265 e. The fourth-order valence-corrected chi connectivity index (χ4v) is 2.42. The second kappa shape index (κ2) is 6.13. The molecule has 1 unspecified atom stereocenters. The summed E-state index contributed by atoms with van der Waals surface area (Å²) in [6, 6.07) is 12.1. The van der Waals surface area contributed by atoms with Gasteiger partial charge < -0.3 is 4.90 Å². The molecule has 0 aromatic heterocycles. The van der Waals surface area contributed by atoms with Crippen LogP contribution in [0.1, 0.15) is 11.7 Å². The number of likely N-dealkylation sites (N-methyl/N-ethyl adjacent to an activating group) is 1. The quantitative estimate of drug-likeness (QED) is 0.818. The predicted octanol–water partition coefficient (Wildman–Crippen LogP) is 4.26. The third kappa shape index (κ3) is 3.04. The van der Waals surface area contributed by atoms with Crippen LogP contribution in [0.5, 0.6) is 0 Å². The van der Waals surface area contributed by atoms with Gasteiger partial charge in [-0.25, -0.2) is 8.78 Å². The van der Waals surface area contributed by atoms with E-state index in [-0.39, 0.29) is 0 Å². The van der Waals surface area contributed by atoms with Crippen molar-refractivity contribution in [3.63, 3.8) is 0 Å². The first-order valence-corrected chi connectivity index (χ1v) is 6.71. The zero-order valence-corrected chi connectivity index (χ0v) is 12.3. The average Bonchev–Trinajstić information content (AvgIpc) is 2.46. The van der Waals surface area contributed by atoms with Gasteiger partial charge >= 0.3 is 0 Å². The highest BCUT2D eigenvalue weighted by Crippen LogP contribution is 2.29. The Morgan fingerprint density at radius 3 is 2.45 bits per heavy atom. The van der Waals surface area contributed by atoms with Gasteiger partial charge in [-0.3, -0.25) is 4.79 Å². The van der Waals surface area contributed by atoms with Gasteiger partial charge in [0.25, 0.3) is 5.91 Å². The Labute approximate surface area is 124 Å². The summed E-state index contributed by atoms with van der Waals surface area (Å²) in [5, 5.41) is 0. The topological polar surface area (TPSA) is 20.3 Å². The number of alkyl halides is 1. The molecular formula is C15H12BrF2NO. The van der Waals surface area contributed by atoms with Crippen LogP contribution in [0.2, 0.25) is 0 Å². The molecule has 0 radical (unpaired) electrons. The van der Waals surface area contributed by atoms with Crippen molar-refractivity contribution >= 4 is 27.5 Å². The number of carbonyl (C=O) groups is 1. The van der Waals surface area contributed by atoms with Crippen molar-refractivity contribution in [2.45, 2.75) is 6.17 Å². The van der Waals surface area contributed by atoms with E-state index < -0.39 is 17.9 Å². The van der Waals surface area contributed by atoms with Crippen molar-refractivity contribution < 1.29 is 13.6 Å². The molecule has 0 heterocycles. The van der Waals surface area contributed by atoms with Crippen LogP contribution >= 0.6 is 15.9 Å². The van der Waals surface area contributed by atoms with Gasteiger partial charge in [-0.1, -0.05) is 30.3 Å². The van der Waals surface area contributed by atoms with Crippen LogP contribution in [0.25, 0.3) is 0 Å². The first kappa shape index (κ1) is 14.7. The van der Waals surface area contributed by atoms with Crippen LogP contribution in [0.15, 0.2) is 53.0 Å². The maximum atomic E-state index is 14.2. The molecule has 0 fully saturated rings. The van der Waals surface area contributed by atoms with Gasteiger partial charge in [0.15, 0.2) is 0 Å². The Kier molecular flexibility index (Phi) is 4.49. The molecule has 0 saturated carbocycles. The van der Waals surface area contributed by atoms with Gasteiger partial charge in [-0.15, -0.1) is 0 Å². The Morgan fingerprint density at radius 2 is 1.85 bits per heavy atom. The molecule has 20 heavy (non-hydrogen) atoms. The maximum absolute atomic E-state index is 14.2. The maximum Gasteiger partial charge on any atom is 0.265 e. The summed E-state index contributed by atoms with van der Waals surface area (Å²) in [6.07, 6.45) is -1.75. The number of halogens is 3. The first-order chi connectivity index (χ1) is 9.50. The van der Waals surface area contributed by atoms with E-state index in [4.69, 9.17) is 0 Å². The van der Waals surface area contributed by atoms with E-state index in [0.29, 0.717) is 15.7 Å². The summed E-state index contributed by atoms with van der Waals surface area (Å²) in [6.45, 7) is 0. The molecule has 0 bridgehead atoms. The zero-order chi connectivity index (χ0) is 14.7. The third-order valence-corrected chi connectivity index (χ3v) is 3.55. The van der Waals surface area contributed by atoms with E-state index in [0.717, 1.165) is 0 Å². The van der Waals surface area contributed by atoms with Crippen LogP contribution in [0.3, 0.4) is 0 Å². The minimum atomic E-state index is -1.75. The van der Waals surface area contributed by atoms with Crippen LogP contribution in [0, 0.1) is 5.82 Å². The number of anilines is 1. The first-order valence-electron chi connectivity index (χ1n) is 5.92. The normalized spacial score (nSPS) is 12.0. The second-order valence-electron chi connectivity index (χ2n) is 4.27. The van der Waals surface area contributed by atoms with Crippen molar-refractivity contribution in [1.82, 2.24) is 0 Å². The van der Waals surface area contributed by atoms with Crippen molar-refractivity contribution in [3.05, 3.63) is 64.4 Å². The van der Waals surface area contributed by atoms with E-state index in [1.807, 2.05) is 0 Å². The number of rotatable bonds is 3. The molecule has 1 atom stereocenters. The van der Waals surface area contributed by atoms with E-state index in [1.165, 1.54) is 30.1 Å². The second-order valence-corrected chi connectivity index (χ2v) is 5.12. The molecular weight excluding hydrogens is 328 g/mol. The van der Waals surface area contributed by atoms with Gasteiger partial charge in [0, 0.05) is 11.5 Å². The molecule has 0 spiro atoms. The van der Waals surface area contributed by atoms with Crippen molar-refractivity contribution in [1.29, 1.82) is 0 Å². The van der Waals surface area contributed by atoms with Crippen molar-refractivity contribution in [3.8, 4) is 0 Å². The Balaban J connectivity index is 2.24. The van der Waals surface area contributed by atoms with Gasteiger partial charge in [-0.2, -0.15) is 0 Å². The van der Waals surface area contributed by atoms with E-state index in [2.05, 4.69) is 15.9 Å². The highest BCUT2D eigenvalue weighted by Gasteiger charge is 2.25. The summed E-state index contributed by atoms with van der Waals surface area (Å²) >= 11 is 3.17. The molecule has 0 saturated heterocycles. The minimum absolute atomic E-state index is 0.294. The standard InChI is InChI=1S/C15H12BrF2NO/c1-19(13-8-7-11(17)9-12(13)16)15(20)14(18)10-5-3-2-4-6-10/h2-9,14H,1H3. The fourth-order valence-electron chi connectivity index (χ4n) is 1.81. The fraction of sp³-hybridized carbons (Fsp3) is 0.133. The largest absolute Gasteiger partial charge is 0.312 e. The summed E-state index contributed by atoms with van der Waals surface area (Å²) in [5.74, 6) is -1.13. The third-order valence-electron chi connectivity index (χ3n) is 2.91. The monoisotopic (exact) mass is 339 g/mol. The molecule has 104 valence electrons.